The van der Waals surface area contributed by atoms with E-state index in [1.165, 1.54) is 173 Å². The van der Waals surface area contributed by atoms with Crippen molar-refractivity contribution in [1.29, 1.82) is 0 Å². The Hall–Kier alpha value is -1.92. The number of carbonyl (C=O) groups excluding carboxylic acids is 2. The largest absolute Gasteiger partial charge is 0.462 e. The highest BCUT2D eigenvalue weighted by molar-refractivity contribution is 5.77. The van der Waals surface area contributed by atoms with Gasteiger partial charge in [0, 0.05) is 6.42 Å². The molecule has 0 aliphatic carbocycles. The number of hydrogen-bond donors (Lipinski definition) is 3. The van der Waals surface area contributed by atoms with E-state index in [4.69, 9.17) is 4.74 Å². The molecule has 0 saturated heterocycles. The number of allylic oxidation sites excluding steroid dienone is 6. The van der Waals surface area contributed by atoms with Crippen LogP contribution < -0.4 is 5.32 Å². The van der Waals surface area contributed by atoms with E-state index in [1.54, 1.807) is 0 Å². The summed E-state index contributed by atoms with van der Waals surface area (Å²) in [5.41, 5.74) is 0. The third-order valence-corrected chi connectivity index (χ3v) is 12.5. The molecule has 3 unspecified atom stereocenters. The van der Waals surface area contributed by atoms with Gasteiger partial charge in [-0.05, 0) is 70.6 Å². The Balaban J connectivity index is 4.62. The molecule has 0 rings (SSSR count). The molecule has 6 nitrogen and oxygen atoms in total. The molecule has 0 bridgehead atoms. The van der Waals surface area contributed by atoms with Crippen molar-refractivity contribution in [2.24, 2.45) is 0 Å². The van der Waals surface area contributed by atoms with Crippen molar-refractivity contribution in [3.05, 3.63) is 36.5 Å². The quantitative estimate of drug-likeness (QED) is 0.0245. The van der Waals surface area contributed by atoms with E-state index in [-0.39, 0.29) is 24.9 Å². The SMILES string of the molecule is CCCCCCCCC/C=C/C=C/CCCC(CC(=O)NC(CO)C(O)CCCCCCCCCCCCCCC)OC(=O)CCCCCCC/C=C/CCCCCCCCC. The van der Waals surface area contributed by atoms with E-state index in [9.17, 15) is 19.8 Å². The molecule has 3 N–H and O–H groups in total. The number of carbonyl (C=O) groups is 2. The van der Waals surface area contributed by atoms with Gasteiger partial charge in [0.1, 0.15) is 6.10 Å². The summed E-state index contributed by atoms with van der Waals surface area (Å²) in [5.74, 6) is -0.521. The van der Waals surface area contributed by atoms with Gasteiger partial charge >= 0.3 is 5.97 Å². The van der Waals surface area contributed by atoms with Gasteiger partial charge in [-0.1, -0.05) is 237 Å². The number of unbranched alkanes of at least 4 members (excludes halogenated alkanes) is 32. The topological polar surface area (TPSA) is 95.9 Å². The van der Waals surface area contributed by atoms with Crippen LogP contribution in [0.5, 0.6) is 0 Å². The van der Waals surface area contributed by atoms with E-state index in [0.717, 1.165) is 64.2 Å². The molecule has 0 aromatic carbocycles. The van der Waals surface area contributed by atoms with Crippen LogP contribution in [0.15, 0.2) is 36.5 Å². The third-order valence-electron chi connectivity index (χ3n) is 12.5. The maximum Gasteiger partial charge on any atom is 0.306 e. The van der Waals surface area contributed by atoms with Crippen molar-refractivity contribution in [2.45, 2.75) is 302 Å². The summed E-state index contributed by atoms with van der Waals surface area (Å²) < 4.78 is 5.92. The van der Waals surface area contributed by atoms with Gasteiger partial charge in [-0.25, -0.2) is 0 Å². The fourth-order valence-electron chi connectivity index (χ4n) is 8.31. The summed E-state index contributed by atoms with van der Waals surface area (Å²) in [6.07, 6.45) is 59.2. The molecule has 0 aliphatic heterocycles. The number of amides is 1. The van der Waals surface area contributed by atoms with Crippen LogP contribution in [0.1, 0.15) is 284 Å². The van der Waals surface area contributed by atoms with Crippen LogP contribution in [0.3, 0.4) is 0 Å². The predicted octanol–water partition coefficient (Wildman–Crippen LogP) is 16.5. The molecule has 0 aromatic heterocycles. The van der Waals surface area contributed by atoms with E-state index in [0.29, 0.717) is 19.3 Å². The van der Waals surface area contributed by atoms with Gasteiger partial charge < -0.3 is 20.3 Å². The van der Waals surface area contributed by atoms with Crippen LogP contribution in [-0.2, 0) is 14.3 Å². The maximum atomic E-state index is 13.2. The number of rotatable bonds is 49. The highest BCUT2D eigenvalue weighted by atomic mass is 16.5. The molecular formula is C56H105NO5. The number of hydrogen-bond acceptors (Lipinski definition) is 5. The van der Waals surface area contributed by atoms with E-state index in [1.807, 2.05) is 0 Å². The molecule has 0 saturated carbocycles. The fraction of sp³-hybridized carbons (Fsp3) is 0.857. The zero-order valence-corrected chi connectivity index (χ0v) is 41.5. The molecule has 0 spiro atoms. The van der Waals surface area contributed by atoms with Crippen LogP contribution in [-0.4, -0.2) is 46.9 Å². The number of esters is 1. The van der Waals surface area contributed by atoms with Crippen LogP contribution in [0.4, 0.5) is 0 Å². The highest BCUT2D eigenvalue weighted by Gasteiger charge is 2.24. The van der Waals surface area contributed by atoms with Crippen LogP contribution in [0.2, 0.25) is 0 Å². The minimum Gasteiger partial charge on any atom is -0.462 e. The number of nitrogens with one attached hydrogen (secondary N) is 1. The van der Waals surface area contributed by atoms with Gasteiger partial charge in [0.25, 0.3) is 0 Å². The number of aliphatic hydroxyl groups excluding tert-OH is 2. The van der Waals surface area contributed by atoms with Gasteiger partial charge in [0.15, 0.2) is 0 Å². The fourth-order valence-corrected chi connectivity index (χ4v) is 8.31. The highest BCUT2D eigenvalue weighted by Crippen LogP contribution is 2.17. The van der Waals surface area contributed by atoms with E-state index < -0.39 is 18.2 Å². The minimum atomic E-state index is -0.799. The van der Waals surface area contributed by atoms with E-state index >= 15 is 0 Å². The molecule has 0 heterocycles. The van der Waals surface area contributed by atoms with Crippen molar-refractivity contribution < 1.29 is 24.5 Å². The lowest BCUT2D eigenvalue weighted by molar-refractivity contribution is -0.151. The molecule has 1 amide bonds. The third kappa shape index (κ3) is 44.7. The minimum absolute atomic E-state index is 0.0439. The molecule has 0 fully saturated rings. The van der Waals surface area contributed by atoms with Gasteiger partial charge in [0.2, 0.25) is 5.91 Å². The second-order valence-electron chi connectivity index (χ2n) is 18.7. The first-order valence-electron chi connectivity index (χ1n) is 27.2. The molecule has 3 atom stereocenters. The lowest BCUT2D eigenvalue weighted by atomic mass is 10.0. The smallest absolute Gasteiger partial charge is 0.306 e. The Morgan fingerprint density at radius 1 is 0.468 bits per heavy atom. The van der Waals surface area contributed by atoms with Crippen molar-refractivity contribution in [2.75, 3.05) is 6.61 Å². The standard InChI is InChI=1S/C56H105NO5/c1-4-7-10-13-16-19-22-25-27-28-31-34-37-40-43-46-49-56(61)62-52(47-44-41-38-35-32-30-26-23-20-17-14-11-8-5-2)50-55(60)57-53(51-58)54(59)48-45-42-39-36-33-29-24-21-18-15-12-9-6-3/h27-28,30,32,35,38,52-54,58-59H,4-26,29,31,33-34,36-37,39-51H2,1-3H3,(H,57,60)/b28-27+,32-30+,38-35+. The Bertz CT molecular complexity index is 1020. The first-order valence-corrected chi connectivity index (χ1v) is 27.2. The predicted molar refractivity (Wildman–Crippen MR) is 269 cm³/mol. The molecule has 6 heteroatoms. The zero-order valence-electron chi connectivity index (χ0n) is 41.5. The van der Waals surface area contributed by atoms with Crippen LogP contribution >= 0.6 is 0 Å². The van der Waals surface area contributed by atoms with Crippen molar-refractivity contribution in [3.8, 4) is 0 Å². The molecule has 364 valence electrons. The summed E-state index contributed by atoms with van der Waals surface area (Å²) in [5, 5.41) is 23.8. The van der Waals surface area contributed by atoms with Crippen molar-refractivity contribution in [1.82, 2.24) is 5.32 Å². The molecular weight excluding hydrogens is 767 g/mol. The van der Waals surface area contributed by atoms with Crippen molar-refractivity contribution in [3.63, 3.8) is 0 Å². The monoisotopic (exact) mass is 872 g/mol. The molecule has 62 heavy (non-hydrogen) atoms. The van der Waals surface area contributed by atoms with E-state index in [2.05, 4.69) is 62.5 Å². The Morgan fingerprint density at radius 3 is 1.27 bits per heavy atom. The lowest BCUT2D eigenvalue weighted by Crippen LogP contribution is -2.46. The number of ether oxygens (including phenoxy) is 1. The summed E-state index contributed by atoms with van der Waals surface area (Å²) in [4.78, 5) is 26.2. The van der Waals surface area contributed by atoms with Crippen molar-refractivity contribution >= 4 is 11.9 Å². The normalized spacial score (nSPS) is 13.4. The van der Waals surface area contributed by atoms with Crippen LogP contribution in [0.25, 0.3) is 0 Å². The second-order valence-corrected chi connectivity index (χ2v) is 18.7. The van der Waals surface area contributed by atoms with Gasteiger partial charge in [-0.15, -0.1) is 0 Å². The van der Waals surface area contributed by atoms with Gasteiger partial charge in [-0.2, -0.15) is 0 Å². The molecule has 0 aromatic rings. The lowest BCUT2D eigenvalue weighted by Gasteiger charge is -2.24. The van der Waals surface area contributed by atoms with Gasteiger partial charge in [-0.3, -0.25) is 9.59 Å². The Morgan fingerprint density at radius 2 is 0.839 bits per heavy atom. The number of aliphatic hydroxyl groups is 2. The van der Waals surface area contributed by atoms with Gasteiger partial charge in [0.05, 0.1) is 25.2 Å². The summed E-state index contributed by atoms with van der Waals surface area (Å²) in [7, 11) is 0. The molecule has 0 aliphatic rings. The second kappa shape index (κ2) is 50.1. The zero-order chi connectivity index (χ0) is 45.2. The first kappa shape index (κ1) is 60.1. The molecule has 0 radical (unpaired) electrons. The summed E-state index contributed by atoms with van der Waals surface area (Å²) in [6, 6.07) is -0.715. The summed E-state index contributed by atoms with van der Waals surface area (Å²) >= 11 is 0. The maximum absolute atomic E-state index is 13.2. The Kier molecular flexibility index (Phi) is 48.5. The Labute approximate surface area is 385 Å². The average molecular weight is 872 g/mol. The summed E-state index contributed by atoms with van der Waals surface area (Å²) in [6.45, 7) is 6.48. The van der Waals surface area contributed by atoms with Crippen LogP contribution in [0, 0.1) is 0 Å². The first-order chi connectivity index (χ1) is 30.5. The average Bonchev–Trinajstić information content (AvgIpc) is 3.26.